The van der Waals surface area contributed by atoms with Gasteiger partial charge in [0.2, 0.25) is 33.3 Å². The predicted octanol–water partition coefficient (Wildman–Crippen LogP) is 7.11. The Labute approximate surface area is 751 Å². The van der Waals surface area contributed by atoms with Crippen LogP contribution < -0.4 is 10.5 Å². The highest BCUT2D eigenvalue weighted by Gasteiger charge is 2.37. The highest BCUT2D eigenvalue weighted by atomic mass is 32.2. The summed E-state index contributed by atoms with van der Waals surface area (Å²) < 4.78 is 225. The summed E-state index contributed by atoms with van der Waals surface area (Å²) in [4.78, 5) is 44.5. The summed E-state index contributed by atoms with van der Waals surface area (Å²) >= 11 is 0. The van der Waals surface area contributed by atoms with Crippen molar-refractivity contribution < 1.29 is 164 Å². The van der Waals surface area contributed by atoms with Crippen LogP contribution >= 0.6 is 0 Å². The molecule has 2 heterocycles. The number of rotatable bonds is 90. The summed E-state index contributed by atoms with van der Waals surface area (Å²) in [6, 6.07) is 12.5. The maximum absolute atomic E-state index is 13.7. The standard InChI is InChI=1S/C88H140F4N4O31S/c1-3-14-95(15-4-2)88(99)77-66-76-10-9-75(68-82(76)94-83(93)69-77)74-6-5-7-79(67-74)128(100,101)96-71-73(72-96)8-11-78(97)12-16-102-18-20-104-22-24-106-26-28-108-30-32-110-34-36-112-38-40-114-42-44-116-46-48-118-50-52-120-54-56-122-58-60-124-62-64-126-65-63-125-61-59-123-57-55-121-53-51-119-49-47-117-45-43-115-41-39-113-37-35-111-33-31-109-29-27-107-25-23-105-21-19-103-17-13-84(98)127-87-85(91)80(89)70-81(90)86(87)92/h5-7,9-10,66-68,70,73H,3-4,8,11-65,69,71-72H2,1-2H3,(H2,93,94). The number of ketones is 1. The number of Topliss-reactive ketones (excluding diaryl/α,β-unsaturated/α-hetero) is 1. The average Bonchev–Trinajstić information content (AvgIpc) is 0.870. The Kier molecular flexibility index (Phi) is 67.3. The zero-order chi connectivity index (χ0) is 91.5. The van der Waals surface area contributed by atoms with Crippen molar-refractivity contribution in [2.45, 2.75) is 63.7 Å². The van der Waals surface area contributed by atoms with E-state index in [9.17, 15) is 40.4 Å². The fraction of sp³-hybridized carbons (Fsp3) is 0.727. The molecule has 0 spiro atoms. The molecule has 0 aliphatic carbocycles. The van der Waals surface area contributed by atoms with Crippen LogP contribution in [0.4, 0.5) is 23.2 Å². The molecule has 128 heavy (non-hydrogen) atoms. The van der Waals surface area contributed by atoms with E-state index in [1.165, 1.54) is 4.31 Å². The molecule has 0 unspecified atom stereocenters. The van der Waals surface area contributed by atoms with Gasteiger partial charge in [0.15, 0.2) is 11.6 Å². The molecule has 0 saturated carbocycles. The lowest BCUT2D eigenvalue weighted by molar-refractivity contribution is -0.136. The fourth-order valence-electron chi connectivity index (χ4n) is 11.7. The van der Waals surface area contributed by atoms with Crippen molar-refractivity contribution >= 4 is 45.3 Å². The monoisotopic (exact) mass is 1860 g/mol. The third-order valence-corrected chi connectivity index (χ3v) is 20.1. The topological polar surface area (TPSA) is 370 Å². The van der Waals surface area contributed by atoms with Gasteiger partial charge in [-0.2, -0.15) is 13.1 Å². The van der Waals surface area contributed by atoms with Gasteiger partial charge >= 0.3 is 5.97 Å². The van der Waals surface area contributed by atoms with Crippen LogP contribution in [0.15, 0.2) is 64.0 Å². The van der Waals surface area contributed by atoms with E-state index < -0.39 is 51.4 Å². The minimum Gasteiger partial charge on any atom is -0.420 e. The van der Waals surface area contributed by atoms with Crippen LogP contribution in [0.5, 0.6) is 5.75 Å². The molecule has 1 fully saturated rings. The second kappa shape index (κ2) is 76.5. The number of esters is 1. The van der Waals surface area contributed by atoms with Crippen LogP contribution in [0.1, 0.15) is 64.4 Å². The molecular formula is C88H140F4N4O31S. The van der Waals surface area contributed by atoms with Crippen molar-refractivity contribution in [1.82, 2.24) is 9.21 Å². The van der Waals surface area contributed by atoms with E-state index in [2.05, 4.69) is 9.73 Å². The van der Waals surface area contributed by atoms with E-state index in [0.29, 0.717) is 366 Å². The van der Waals surface area contributed by atoms with E-state index in [0.717, 1.165) is 24.0 Å². The minimum atomic E-state index is -3.75. The second-order valence-corrected chi connectivity index (χ2v) is 30.3. The van der Waals surface area contributed by atoms with Crippen molar-refractivity contribution in [2.24, 2.45) is 16.6 Å². The third-order valence-electron chi connectivity index (χ3n) is 18.3. The quantitative estimate of drug-likeness (QED) is 0.0193. The SMILES string of the molecule is CCCN(CCC)C(=O)C1=Cc2ccc(-c3cccc(S(=O)(=O)N4CC(CCC(=O)CCOCCOCCOCCOCCOCCOCCOCCOCCOCCOCCOCCOCCOCCOCCOCCOCCOCCOCCOCCOCCOCCOCCOCCOCCOCCC(=O)Oc5c(F)c(F)cc(F)c5F)C4)c3)cc2N=C(N)C1. The first-order valence-electron chi connectivity index (χ1n) is 44.3. The number of nitrogens with zero attached hydrogens (tertiary/aromatic N) is 3. The summed E-state index contributed by atoms with van der Waals surface area (Å²) in [6.07, 6.45) is 4.68. The maximum Gasteiger partial charge on any atom is 0.313 e. The molecule has 0 bridgehead atoms. The van der Waals surface area contributed by atoms with Crippen LogP contribution in [0.2, 0.25) is 0 Å². The average molecular weight is 1860 g/mol. The molecule has 3 aromatic carbocycles. The Bertz CT molecular complexity index is 3480. The zero-order valence-electron chi connectivity index (χ0n) is 74.9. The first-order chi connectivity index (χ1) is 62.7. The van der Waals surface area contributed by atoms with E-state index >= 15 is 0 Å². The van der Waals surface area contributed by atoms with E-state index in [1.807, 2.05) is 49.1 Å². The summed E-state index contributed by atoms with van der Waals surface area (Å²) in [6.45, 7) is 26.4. The number of hydrogen-bond donors (Lipinski definition) is 1. The lowest BCUT2D eigenvalue weighted by atomic mass is 9.95. The first kappa shape index (κ1) is 113. The third kappa shape index (κ3) is 54.9. The largest absolute Gasteiger partial charge is 0.420 e. The molecule has 1 saturated heterocycles. The lowest BCUT2D eigenvalue weighted by Crippen LogP contribution is -2.49. The van der Waals surface area contributed by atoms with Crippen LogP contribution in [-0.4, -0.2) is 398 Å². The van der Waals surface area contributed by atoms with Gasteiger partial charge in [-0.15, -0.1) is 0 Å². The van der Waals surface area contributed by atoms with Crippen molar-refractivity contribution in [3.8, 4) is 16.9 Å². The summed E-state index contributed by atoms with van der Waals surface area (Å²) in [5, 5.41) is 0. The van der Waals surface area contributed by atoms with Gasteiger partial charge in [-0.25, -0.2) is 22.2 Å². The maximum atomic E-state index is 13.7. The predicted molar refractivity (Wildman–Crippen MR) is 461 cm³/mol. The van der Waals surface area contributed by atoms with Gasteiger partial charge in [0.1, 0.15) is 11.6 Å². The Morgan fingerprint density at radius 2 is 0.688 bits per heavy atom. The van der Waals surface area contributed by atoms with E-state index in [4.69, 9.17) is 124 Å². The van der Waals surface area contributed by atoms with Crippen LogP contribution in [-0.2, 0) is 143 Å². The van der Waals surface area contributed by atoms with Gasteiger partial charge in [-0.1, -0.05) is 38.1 Å². The van der Waals surface area contributed by atoms with Gasteiger partial charge in [0, 0.05) is 62.6 Å². The van der Waals surface area contributed by atoms with Crippen molar-refractivity contribution in [1.29, 1.82) is 0 Å². The minimum absolute atomic E-state index is 0.0149. The number of amidine groups is 1. The molecule has 5 rings (SSSR count). The Morgan fingerprint density at radius 3 is 1.00 bits per heavy atom. The fourth-order valence-corrected chi connectivity index (χ4v) is 13.3. The molecule has 0 atom stereocenters. The number of hydrogen-bond acceptors (Lipinski definition) is 33. The van der Waals surface area contributed by atoms with E-state index in [1.54, 1.807) is 18.2 Å². The van der Waals surface area contributed by atoms with Gasteiger partial charge in [0.25, 0.3) is 0 Å². The van der Waals surface area contributed by atoms with Crippen molar-refractivity contribution in [3.05, 3.63) is 82.9 Å². The number of halogens is 4. The number of ether oxygens (including phenoxy) is 26. The molecule has 1 amide bonds. The Balaban J connectivity index is 0.621. The highest BCUT2D eigenvalue weighted by Crippen LogP contribution is 2.35. The number of amides is 1. The number of carbonyl (C=O) groups excluding carboxylic acids is 3. The van der Waals surface area contributed by atoms with Gasteiger partial charge in [0.05, 0.1) is 347 Å². The lowest BCUT2D eigenvalue weighted by Gasteiger charge is -2.38. The smallest absolute Gasteiger partial charge is 0.313 e. The second-order valence-electron chi connectivity index (χ2n) is 28.4. The molecule has 0 radical (unpaired) electrons. The molecule has 35 nitrogen and oxygen atoms in total. The molecule has 2 aliphatic heterocycles. The number of aliphatic imine (C=N–C) groups is 1. The molecular weight excluding hydrogens is 1720 g/mol. The first-order valence-corrected chi connectivity index (χ1v) is 45.7. The summed E-state index contributed by atoms with van der Waals surface area (Å²) in [7, 11) is -3.75. The van der Waals surface area contributed by atoms with Gasteiger partial charge < -0.3 is 134 Å². The molecule has 2 N–H and O–H groups in total. The molecule has 3 aromatic rings. The summed E-state index contributed by atoms with van der Waals surface area (Å²) in [5.74, 6) is -9.05. The van der Waals surface area contributed by atoms with Crippen molar-refractivity contribution in [2.75, 3.05) is 357 Å². The zero-order valence-corrected chi connectivity index (χ0v) is 75.7. The number of sulfonamides is 1. The Morgan fingerprint density at radius 1 is 0.391 bits per heavy atom. The number of nitrogens with two attached hydrogens (primary N) is 1. The molecule has 40 heteroatoms. The Hall–Kier alpha value is -5.89. The van der Waals surface area contributed by atoms with Crippen molar-refractivity contribution in [3.63, 3.8) is 0 Å². The highest BCUT2D eigenvalue weighted by molar-refractivity contribution is 7.89. The molecule has 0 aromatic heterocycles. The van der Waals surface area contributed by atoms with Crippen LogP contribution in [0.3, 0.4) is 0 Å². The van der Waals surface area contributed by atoms with E-state index in [-0.39, 0.29) is 67.8 Å². The molecule has 732 valence electrons. The number of benzene rings is 3. The summed E-state index contributed by atoms with van der Waals surface area (Å²) in [5.41, 5.74) is 9.80. The van der Waals surface area contributed by atoms with Crippen LogP contribution in [0, 0.1) is 29.2 Å². The van der Waals surface area contributed by atoms with Gasteiger partial charge in [-0.3, -0.25) is 14.4 Å². The normalized spacial score (nSPS) is 13.1. The van der Waals surface area contributed by atoms with Crippen LogP contribution in [0.25, 0.3) is 17.2 Å². The van der Waals surface area contributed by atoms with Gasteiger partial charge in [-0.05, 0) is 60.6 Å². The number of carbonyl (C=O) groups is 3. The number of fused-ring (bicyclic) bond motifs is 1. The molecule has 2 aliphatic rings.